The highest BCUT2D eigenvalue weighted by Gasteiger charge is 2.31. The van der Waals surface area contributed by atoms with Crippen molar-refractivity contribution in [3.63, 3.8) is 0 Å². The first-order valence-electron chi connectivity index (χ1n) is 12.3. The van der Waals surface area contributed by atoms with Gasteiger partial charge in [0, 0.05) is 6.42 Å². The van der Waals surface area contributed by atoms with Crippen molar-refractivity contribution >= 4 is 0 Å². The maximum absolute atomic E-state index is 13.9. The molecule has 0 aliphatic carbocycles. The quantitative estimate of drug-likeness (QED) is 0.255. The molecule has 0 fully saturated rings. The predicted molar refractivity (Wildman–Crippen MR) is 140 cm³/mol. The highest BCUT2D eigenvalue weighted by Crippen LogP contribution is 2.29. The summed E-state index contributed by atoms with van der Waals surface area (Å²) in [5.41, 5.74) is 3.86. The number of aromatic nitrogens is 2. The number of benzene rings is 3. The van der Waals surface area contributed by atoms with Gasteiger partial charge in [0.05, 0.1) is 23.4 Å². The summed E-state index contributed by atoms with van der Waals surface area (Å²) < 4.78 is 43.4. The van der Waals surface area contributed by atoms with Crippen LogP contribution in [0.25, 0.3) is 22.3 Å². The molecule has 4 rings (SSSR count). The van der Waals surface area contributed by atoms with Gasteiger partial charge in [-0.2, -0.15) is 5.26 Å². The van der Waals surface area contributed by atoms with E-state index in [4.69, 9.17) is 4.98 Å². The van der Waals surface area contributed by atoms with E-state index in [0.717, 1.165) is 17.5 Å². The molecule has 0 saturated carbocycles. The van der Waals surface area contributed by atoms with Gasteiger partial charge < -0.3 is 4.74 Å². The van der Waals surface area contributed by atoms with Crippen LogP contribution in [0.15, 0.2) is 77.6 Å². The molecule has 4 aromatic rings. The molecule has 0 radical (unpaired) electrons. The highest BCUT2D eigenvalue weighted by molar-refractivity contribution is 5.72. The lowest BCUT2D eigenvalue weighted by Crippen LogP contribution is -2.29. The van der Waals surface area contributed by atoms with Gasteiger partial charge in [0.2, 0.25) is 0 Å². The van der Waals surface area contributed by atoms with Crippen LogP contribution in [0.2, 0.25) is 0 Å². The Morgan fingerprint density at radius 2 is 1.66 bits per heavy atom. The topological polar surface area (TPSA) is 67.9 Å². The number of hydrogen-bond acceptors (Lipinski definition) is 4. The smallest absolute Gasteiger partial charge is 0.406 e. The van der Waals surface area contributed by atoms with Crippen LogP contribution in [-0.2, 0) is 19.4 Å². The highest BCUT2D eigenvalue weighted by atomic mass is 19.4. The standard InChI is InChI=1S/C30H26F3N3O2/c1-3-9-27-35-26(4-2)28(21-14-16-23(17-15-21)38-30(31,32)33)29(37)36(27)19-22-12-8-13-24(25(22)18-34)20-10-6-5-7-11-20/h5-8,10-17H,3-4,9,19H2,1-2H3. The monoisotopic (exact) mass is 517 g/mol. The normalized spacial score (nSPS) is 11.3. The Balaban J connectivity index is 1.84. The summed E-state index contributed by atoms with van der Waals surface area (Å²) in [6.45, 7) is 4.01. The predicted octanol–water partition coefficient (Wildman–Crippen LogP) is 6.91. The summed E-state index contributed by atoms with van der Waals surface area (Å²) >= 11 is 0. The van der Waals surface area contributed by atoms with Crippen LogP contribution in [-0.4, -0.2) is 15.9 Å². The number of ether oxygens (including phenoxy) is 1. The molecule has 194 valence electrons. The SMILES string of the molecule is CCCc1nc(CC)c(-c2ccc(OC(F)(F)F)cc2)c(=O)n1Cc1cccc(-c2ccccc2)c1C#N. The lowest BCUT2D eigenvalue weighted by Gasteiger charge is -2.18. The van der Waals surface area contributed by atoms with E-state index in [1.54, 1.807) is 4.57 Å². The molecule has 3 aromatic carbocycles. The first kappa shape index (κ1) is 26.7. The Labute approximate surface area is 218 Å². The lowest BCUT2D eigenvalue weighted by atomic mass is 9.96. The number of nitriles is 1. The fraction of sp³-hybridized carbons (Fsp3) is 0.233. The molecular weight excluding hydrogens is 491 g/mol. The Hall–Kier alpha value is -4.38. The van der Waals surface area contributed by atoms with Crippen molar-refractivity contribution in [2.75, 3.05) is 0 Å². The number of halogens is 3. The summed E-state index contributed by atoms with van der Waals surface area (Å²) in [4.78, 5) is 18.7. The van der Waals surface area contributed by atoms with Crippen LogP contribution >= 0.6 is 0 Å². The van der Waals surface area contributed by atoms with Crippen molar-refractivity contribution in [2.45, 2.75) is 46.0 Å². The number of hydrogen-bond donors (Lipinski definition) is 0. The maximum atomic E-state index is 13.9. The fourth-order valence-electron chi connectivity index (χ4n) is 4.49. The third-order valence-corrected chi connectivity index (χ3v) is 6.18. The summed E-state index contributed by atoms with van der Waals surface area (Å²) in [5.74, 6) is 0.232. The molecule has 1 aromatic heterocycles. The van der Waals surface area contributed by atoms with E-state index in [1.807, 2.05) is 62.4 Å². The van der Waals surface area contributed by atoms with Crippen molar-refractivity contribution in [3.8, 4) is 34.1 Å². The third kappa shape index (κ3) is 5.78. The average Bonchev–Trinajstić information content (AvgIpc) is 2.90. The van der Waals surface area contributed by atoms with Crippen LogP contribution in [0.1, 0.15) is 42.9 Å². The average molecular weight is 518 g/mol. The van der Waals surface area contributed by atoms with Gasteiger partial charge in [-0.1, -0.05) is 74.5 Å². The van der Waals surface area contributed by atoms with Crippen molar-refractivity contribution < 1.29 is 17.9 Å². The molecule has 0 aliphatic heterocycles. The number of alkyl halides is 3. The minimum Gasteiger partial charge on any atom is -0.406 e. The molecule has 0 spiro atoms. The van der Waals surface area contributed by atoms with Crippen LogP contribution in [0.5, 0.6) is 5.75 Å². The van der Waals surface area contributed by atoms with Gasteiger partial charge in [0.1, 0.15) is 17.6 Å². The molecule has 0 aliphatic rings. The van der Waals surface area contributed by atoms with E-state index < -0.39 is 6.36 Å². The second-order valence-corrected chi connectivity index (χ2v) is 8.73. The van der Waals surface area contributed by atoms with E-state index in [1.165, 1.54) is 24.3 Å². The van der Waals surface area contributed by atoms with Crippen molar-refractivity contribution in [1.29, 1.82) is 5.26 Å². The second-order valence-electron chi connectivity index (χ2n) is 8.73. The molecule has 0 unspecified atom stereocenters. The van der Waals surface area contributed by atoms with Gasteiger partial charge in [-0.05, 0) is 47.2 Å². The summed E-state index contributed by atoms with van der Waals surface area (Å²) in [7, 11) is 0. The molecule has 8 heteroatoms. The third-order valence-electron chi connectivity index (χ3n) is 6.18. The Bertz CT molecular complexity index is 1520. The van der Waals surface area contributed by atoms with Gasteiger partial charge in [-0.3, -0.25) is 9.36 Å². The van der Waals surface area contributed by atoms with E-state index in [2.05, 4.69) is 10.8 Å². The number of aryl methyl sites for hydroxylation is 2. The van der Waals surface area contributed by atoms with Crippen LogP contribution in [0.3, 0.4) is 0 Å². The van der Waals surface area contributed by atoms with Gasteiger partial charge in [0.15, 0.2) is 0 Å². The molecule has 38 heavy (non-hydrogen) atoms. The number of rotatable bonds is 8. The maximum Gasteiger partial charge on any atom is 0.573 e. The zero-order valence-electron chi connectivity index (χ0n) is 21.0. The minimum atomic E-state index is -4.81. The van der Waals surface area contributed by atoms with Gasteiger partial charge >= 0.3 is 6.36 Å². The van der Waals surface area contributed by atoms with Gasteiger partial charge in [-0.15, -0.1) is 13.2 Å². The molecule has 0 N–H and O–H groups in total. The number of nitrogens with zero attached hydrogens (tertiary/aromatic N) is 3. The molecule has 0 saturated heterocycles. The molecule has 0 amide bonds. The Morgan fingerprint density at radius 1 is 0.947 bits per heavy atom. The van der Waals surface area contributed by atoms with Gasteiger partial charge in [0.25, 0.3) is 5.56 Å². The first-order chi connectivity index (χ1) is 18.3. The first-order valence-corrected chi connectivity index (χ1v) is 12.3. The second kappa shape index (κ2) is 11.3. The fourth-order valence-corrected chi connectivity index (χ4v) is 4.49. The molecule has 1 heterocycles. The largest absolute Gasteiger partial charge is 0.573 e. The van der Waals surface area contributed by atoms with Crippen molar-refractivity contribution in [3.05, 3.63) is 106 Å². The minimum absolute atomic E-state index is 0.136. The van der Waals surface area contributed by atoms with Crippen molar-refractivity contribution in [1.82, 2.24) is 9.55 Å². The summed E-state index contributed by atoms with van der Waals surface area (Å²) in [6, 6.07) is 22.6. The zero-order chi connectivity index (χ0) is 27.3. The van der Waals surface area contributed by atoms with Crippen LogP contribution in [0.4, 0.5) is 13.2 Å². The summed E-state index contributed by atoms with van der Waals surface area (Å²) in [5, 5.41) is 10.1. The molecule has 0 bridgehead atoms. The zero-order valence-corrected chi connectivity index (χ0v) is 21.0. The van der Waals surface area contributed by atoms with E-state index >= 15 is 0 Å². The Morgan fingerprint density at radius 3 is 2.26 bits per heavy atom. The van der Waals surface area contributed by atoms with Gasteiger partial charge in [-0.25, -0.2) is 4.98 Å². The lowest BCUT2D eigenvalue weighted by molar-refractivity contribution is -0.274. The molecule has 0 atom stereocenters. The molecular formula is C30H26F3N3O2. The molecule has 5 nitrogen and oxygen atoms in total. The van der Waals surface area contributed by atoms with Crippen LogP contribution < -0.4 is 10.3 Å². The Kier molecular flexibility index (Phi) is 7.96. The van der Waals surface area contributed by atoms with E-state index in [-0.39, 0.29) is 17.9 Å². The van der Waals surface area contributed by atoms with Crippen molar-refractivity contribution in [2.24, 2.45) is 0 Å². The van der Waals surface area contributed by atoms with E-state index in [9.17, 15) is 23.2 Å². The van der Waals surface area contributed by atoms with E-state index in [0.29, 0.717) is 46.6 Å². The van der Waals surface area contributed by atoms with Crippen LogP contribution in [0, 0.1) is 11.3 Å². The summed E-state index contributed by atoms with van der Waals surface area (Å²) in [6.07, 6.45) is -3.02.